The molecule has 18 heavy (non-hydrogen) atoms. The van der Waals surface area contributed by atoms with E-state index >= 15 is 0 Å². The SMILES string of the molecule is NCCc1ccc(Oc2ccc(O)c(I)c2)cc1. The highest BCUT2D eigenvalue weighted by atomic mass is 127. The molecule has 0 saturated carbocycles. The molecule has 0 atom stereocenters. The molecule has 0 fully saturated rings. The summed E-state index contributed by atoms with van der Waals surface area (Å²) in [6.45, 7) is 0.649. The fourth-order valence-electron chi connectivity index (χ4n) is 1.58. The van der Waals surface area contributed by atoms with Crippen molar-refractivity contribution < 1.29 is 9.84 Å². The second-order valence-electron chi connectivity index (χ2n) is 3.90. The first kappa shape index (κ1) is 13.2. The van der Waals surface area contributed by atoms with Gasteiger partial charge < -0.3 is 15.6 Å². The molecule has 0 aromatic heterocycles. The fraction of sp³-hybridized carbons (Fsp3) is 0.143. The van der Waals surface area contributed by atoms with E-state index in [1.165, 1.54) is 5.56 Å². The second kappa shape index (κ2) is 6.06. The van der Waals surface area contributed by atoms with E-state index in [2.05, 4.69) is 22.6 Å². The number of aromatic hydroxyl groups is 1. The van der Waals surface area contributed by atoms with Gasteiger partial charge in [0.05, 0.1) is 3.57 Å². The van der Waals surface area contributed by atoms with Crippen LogP contribution in [0.5, 0.6) is 17.2 Å². The van der Waals surface area contributed by atoms with Crippen molar-refractivity contribution in [1.82, 2.24) is 0 Å². The highest BCUT2D eigenvalue weighted by Crippen LogP contribution is 2.28. The third-order valence-corrected chi connectivity index (χ3v) is 3.38. The number of phenolic OH excluding ortho intramolecular Hbond substituents is 1. The first-order valence-electron chi connectivity index (χ1n) is 5.64. The minimum atomic E-state index is 0.265. The van der Waals surface area contributed by atoms with Crippen molar-refractivity contribution in [2.24, 2.45) is 5.73 Å². The third-order valence-electron chi connectivity index (χ3n) is 2.51. The molecular weight excluding hydrogens is 341 g/mol. The average molecular weight is 355 g/mol. The lowest BCUT2D eigenvalue weighted by Crippen LogP contribution is -2.02. The molecular formula is C14H14INO2. The first-order valence-corrected chi connectivity index (χ1v) is 6.72. The Labute approximate surface area is 120 Å². The Balaban J connectivity index is 2.10. The maximum atomic E-state index is 9.43. The van der Waals surface area contributed by atoms with Crippen molar-refractivity contribution in [3.8, 4) is 17.2 Å². The van der Waals surface area contributed by atoms with Gasteiger partial charge in [-0.25, -0.2) is 0 Å². The summed E-state index contributed by atoms with van der Waals surface area (Å²) in [7, 11) is 0. The van der Waals surface area contributed by atoms with E-state index < -0.39 is 0 Å². The summed E-state index contributed by atoms with van der Waals surface area (Å²) in [6, 6.07) is 13.0. The Morgan fingerprint density at radius 2 is 1.72 bits per heavy atom. The van der Waals surface area contributed by atoms with Gasteiger partial charge in [0.25, 0.3) is 0 Å². The number of nitrogens with two attached hydrogens (primary N) is 1. The summed E-state index contributed by atoms with van der Waals surface area (Å²) in [5.41, 5.74) is 6.70. The van der Waals surface area contributed by atoms with Crippen LogP contribution in [-0.2, 0) is 6.42 Å². The summed E-state index contributed by atoms with van der Waals surface area (Å²) < 4.78 is 6.47. The zero-order valence-electron chi connectivity index (χ0n) is 9.77. The van der Waals surface area contributed by atoms with Gasteiger partial charge in [-0.05, 0) is 71.5 Å². The highest BCUT2D eigenvalue weighted by molar-refractivity contribution is 14.1. The van der Waals surface area contributed by atoms with Crippen molar-refractivity contribution in [1.29, 1.82) is 0 Å². The molecule has 0 saturated heterocycles. The molecule has 0 bridgehead atoms. The molecule has 3 N–H and O–H groups in total. The van der Waals surface area contributed by atoms with E-state index in [-0.39, 0.29) is 5.75 Å². The molecule has 4 heteroatoms. The Kier molecular flexibility index (Phi) is 4.43. The van der Waals surface area contributed by atoms with Crippen LogP contribution in [0.4, 0.5) is 0 Å². The number of rotatable bonds is 4. The Bertz CT molecular complexity index is 526. The number of ether oxygens (including phenoxy) is 1. The van der Waals surface area contributed by atoms with Crippen LogP contribution < -0.4 is 10.5 Å². The number of hydrogen-bond donors (Lipinski definition) is 2. The minimum absolute atomic E-state index is 0.265. The van der Waals surface area contributed by atoms with E-state index in [1.807, 2.05) is 24.3 Å². The maximum absolute atomic E-state index is 9.43. The summed E-state index contributed by atoms with van der Waals surface area (Å²) in [5.74, 6) is 1.75. The topological polar surface area (TPSA) is 55.5 Å². The van der Waals surface area contributed by atoms with Crippen LogP contribution in [0.1, 0.15) is 5.56 Å². The molecule has 0 spiro atoms. The van der Waals surface area contributed by atoms with Gasteiger partial charge in [0.15, 0.2) is 0 Å². The van der Waals surface area contributed by atoms with Crippen LogP contribution in [0.25, 0.3) is 0 Å². The highest BCUT2D eigenvalue weighted by Gasteiger charge is 2.02. The Morgan fingerprint density at radius 1 is 1.06 bits per heavy atom. The number of hydrogen-bond acceptors (Lipinski definition) is 3. The van der Waals surface area contributed by atoms with Crippen molar-refractivity contribution in [2.45, 2.75) is 6.42 Å². The van der Waals surface area contributed by atoms with Gasteiger partial charge in [0.2, 0.25) is 0 Å². The van der Waals surface area contributed by atoms with Gasteiger partial charge in [0, 0.05) is 0 Å². The van der Waals surface area contributed by atoms with Crippen LogP contribution in [-0.4, -0.2) is 11.7 Å². The molecule has 2 aromatic rings. The van der Waals surface area contributed by atoms with Crippen LogP contribution >= 0.6 is 22.6 Å². The summed E-state index contributed by atoms with van der Waals surface area (Å²) in [4.78, 5) is 0. The fourth-order valence-corrected chi connectivity index (χ4v) is 2.06. The monoisotopic (exact) mass is 355 g/mol. The van der Waals surface area contributed by atoms with Crippen molar-refractivity contribution in [2.75, 3.05) is 6.54 Å². The molecule has 0 radical (unpaired) electrons. The summed E-state index contributed by atoms with van der Waals surface area (Å²) in [5, 5.41) is 9.43. The summed E-state index contributed by atoms with van der Waals surface area (Å²) in [6.07, 6.45) is 0.872. The van der Waals surface area contributed by atoms with Crippen LogP contribution in [0.15, 0.2) is 42.5 Å². The molecule has 0 aliphatic heterocycles. The Morgan fingerprint density at radius 3 is 2.33 bits per heavy atom. The van der Waals surface area contributed by atoms with Crippen LogP contribution in [0.2, 0.25) is 0 Å². The second-order valence-corrected chi connectivity index (χ2v) is 5.06. The zero-order valence-corrected chi connectivity index (χ0v) is 11.9. The lowest BCUT2D eigenvalue weighted by molar-refractivity contribution is 0.461. The molecule has 0 heterocycles. The van der Waals surface area contributed by atoms with Gasteiger partial charge in [-0.1, -0.05) is 12.1 Å². The number of halogens is 1. The first-order chi connectivity index (χ1) is 8.69. The van der Waals surface area contributed by atoms with E-state index in [0.29, 0.717) is 12.3 Å². The lowest BCUT2D eigenvalue weighted by Gasteiger charge is -2.07. The lowest BCUT2D eigenvalue weighted by atomic mass is 10.1. The zero-order chi connectivity index (χ0) is 13.0. The van der Waals surface area contributed by atoms with Gasteiger partial charge in [-0.2, -0.15) is 0 Å². The van der Waals surface area contributed by atoms with E-state index in [4.69, 9.17) is 10.5 Å². The van der Waals surface area contributed by atoms with E-state index in [9.17, 15) is 5.11 Å². The molecule has 0 aliphatic rings. The smallest absolute Gasteiger partial charge is 0.129 e. The predicted octanol–water partition coefficient (Wildman–Crippen LogP) is 3.29. The number of benzene rings is 2. The van der Waals surface area contributed by atoms with Gasteiger partial charge in [0.1, 0.15) is 17.2 Å². The maximum Gasteiger partial charge on any atom is 0.129 e. The van der Waals surface area contributed by atoms with Crippen molar-refractivity contribution in [3.63, 3.8) is 0 Å². The molecule has 94 valence electrons. The molecule has 0 amide bonds. The van der Waals surface area contributed by atoms with E-state index in [1.54, 1.807) is 18.2 Å². The third kappa shape index (κ3) is 3.36. The molecule has 0 aliphatic carbocycles. The molecule has 0 unspecified atom stereocenters. The minimum Gasteiger partial charge on any atom is -0.507 e. The van der Waals surface area contributed by atoms with Gasteiger partial charge in [-0.15, -0.1) is 0 Å². The molecule has 2 rings (SSSR count). The normalized spacial score (nSPS) is 10.3. The van der Waals surface area contributed by atoms with Gasteiger partial charge >= 0.3 is 0 Å². The predicted molar refractivity (Wildman–Crippen MR) is 80.1 cm³/mol. The van der Waals surface area contributed by atoms with Crippen molar-refractivity contribution >= 4 is 22.6 Å². The van der Waals surface area contributed by atoms with E-state index in [0.717, 1.165) is 15.7 Å². The summed E-state index contributed by atoms with van der Waals surface area (Å²) >= 11 is 2.07. The van der Waals surface area contributed by atoms with Crippen LogP contribution in [0, 0.1) is 3.57 Å². The Hall–Kier alpha value is -1.27. The quantitative estimate of drug-likeness (QED) is 0.828. The molecule has 3 nitrogen and oxygen atoms in total. The largest absolute Gasteiger partial charge is 0.507 e. The standard InChI is InChI=1S/C14H14INO2/c15-13-9-12(5-6-14(13)17)18-11-3-1-10(2-4-11)7-8-16/h1-6,9,17H,7-8,16H2. The number of phenols is 1. The average Bonchev–Trinajstić information content (AvgIpc) is 2.37. The van der Waals surface area contributed by atoms with Crippen LogP contribution in [0.3, 0.4) is 0 Å². The molecule has 2 aromatic carbocycles. The van der Waals surface area contributed by atoms with Gasteiger partial charge in [-0.3, -0.25) is 0 Å². The van der Waals surface area contributed by atoms with Crippen molar-refractivity contribution in [3.05, 3.63) is 51.6 Å².